The summed E-state index contributed by atoms with van der Waals surface area (Å²) in [4.78, 5) is 38.0. The van der Waals surface area contributed by atoms with Crippen LogP contribution in [0.5, 0.6) is 0 Å². The molecule has 0 aromatic heterocycles. The number of esters is 1. The summed E-state index contributed by atoms with van der Waals surface area (Å²) in [6, 6.07) is 6.11. The van der Waals surface area contributed by atoms with E-state index >= 15 is 0 Å². The highest BCUT2D eigenvalue weighted by Gasteiger charge is 2.24. The molecule has 9 heteroatoms. The molecule has 0 spiro atoms. The van der Waals surface area contributed by atoms with Crippen molar-refractivity contribution >= 4 is 23.3 Å². The van der Waals surface area contributed by atoms with Crippen molar-refractivity contribution in [3.8, 4) is 6.07 Å². The van der Waals surface area contributed by atoms with E-state index in [2.05, 4.69) is 0 Å². The standard InChI is InChI=1S/C17H20N4O5/c1-19(8-4-7-18)16(22)12-26-17(23)13-5-6-14(15(11-13)21(24)25)20-9-2-3-10-20/h5-6,11H,2-4,8-10,12H2,1H3. The molecule has 1 saturated heterocycles. The molecule has 1 heterocycles. The van der Waals surface area contributed by atoms with Crippen LogP contribution < -0.4 is 4.90 Å². The van der Waals surface area contributed by atoms with Gasteiger partial charge in [-0.1, -0.05) is 0 Å². The minimum Gasteiger partial charge on any atom is -0.452 e. The first-order valence-electron chi connectivity index (χ1n) is 8.25. The van der Waals surface area contributed by atoms with Crippen LogP contribution in [0.4, 0.5) is 11.4 Å². The molecule has 26 heavy (non-hydrogen) atoms. The average Bonchev–Trinajstić information content (AvgIpc) is 3.17. The van der Waals surface area contributed by atoms with Crippen LogP contribution in [0.1, 0.15) is 29.6 Å². The maximum atomic E-state index is 12.1. The third kappa shape index (κ3) is 4.69. The van der Waals surface area contributed by atoms with Crippen molar-refractivity contribution < 1.29 is 19.2 Å². The maximum Gasteiger partial charge on any atom is 0.338 e. The Morgan fingerprint density at radius 1 is 1.38 bits per heavy atom. The summed E-state index contributed by atoms with van der Waals surface area (Å²) >= 11 is 0. The van der Waals surface area contributed by atoms with Gasteiger partial charge in [-0.05, 0) is 25.0 Å². The highest BCUT2D eigenvalue weighted by Crippen LogP contribution is 2.31. The molecule has 0 bridgehead atoms. The minimum atomic E-state index is -0.803. The summed E-state index contributed by atoms with van der Waals surface area (Å²) in [7, 11) is 1.50. The number of hydrogen-bond acceptors (Lipinski definition) is 7. The van der Waals surface area contributed by atoms with E-state index in [0.717, 1.165) is 25.9 Å². The molecule has 1 aromatic rings. The van der Waals surface area contributed by atoms with Crippen LogP contribution in [-0.2, 0) is 9.53 Å². The minimum absolute atomic E-state index is 0.0205. The van der Waals surface area contributed by atoms with E-state index < -0.39 is 23.4 Å². The number of rotatable bonds is 7. The molecular weight excluding hydrogens is 340 g/mol. The molecule has 1 amide bonds. The number of ether oxygens (including phenoxy) is 1. The fraction of sp³-hybridized carbons (Fsp3) is 0.471. The quantitative estimate of drug-likeness (QED) is 0.413. The molecule has 1 fully saturated rings. The van der Waals surface area contributed by atoms with E-state index in [9.17, 15) is 19.7 Å². The van der Waals surface area contributed by atoms with Crippen LogP contribution in [0, 0.1) is 21.4 Å². The van der Waals surface area contributed by atoms with Crippen LogP contribution in [-0.4, -0.2) is 55.0 Å². The van der Waals surface area contributed by atoms with Gasteiger partial charge >= 0.3 is 5.97 Å². The van der Waals surface area contributed by atoms with E-state index in [1.54, 1.807) is 6.07 Å². The lowest BCUT2D eigenvalue weighted by atomic mass is 10.1. The summed E-state index contributed by atoms with van der Waals surface area (Å²) in [6.45, 7) is 1.24. The third-order valence-electron chi connectivity index (χ3n) is 4.17. The van der Waals surface area contributed by atoms with Gasteiger partial charge in [0.25, 0.3) is 11.6 Å². The largest absolute Gasteiger partial charge is 0.452 e. The molecule has 1 aromatic carbocycles. The molecular formula is C17H20N4O5. The fourth-order valence-electron chi connectivity index (χ4n) is 2.69. The number of likely N-dealkylation sites (N-methyl/N-ethyl adjacent to an activating group) is 1. The maximum absolute atomic E-state index is 12.1. The number of benzene rings is 1. The highest BCUT2D eigenvalue weighted by atomic mass is 16.6. The molecule has 1 aliphatic heterocycles. The smallest absolute Gasteiger partial charge is 0.338 e. The summed E-state index contributed by atoms with van der Waals surface area (Å²) in [6.07, 6.45) is 2.13. The SMILES string of the molecule is CN(CCC#N)C(=O)COC(=O)c1ccc(N2CCCC2)c([N+](=O)[O-])c1. The first-order valence-corrected chi connectivity index (χ1v) is 8.25. The van der Waals surface area contributed by atoms with Gasteiger partial charge in [-0.15, -0.1) is 0 Å². The van der Waals surface area contributed by atoms with Crippen molar-refractivity contribution in [2.24, 2.45) is 0 Å². The second-order valence-electron chi connectivity index (χ2n) is 5.95. The van der Waals surface area contributed by atoms with Gasteiger partial charge in [-0.25, -0.2) is 4.79 Å². The first kappa shape index (κ1) is 19.2. The van der Waals surface area contributed by atoms with Crippen molar-refractivity contribution in [3.05, 3.63) is 33.9 Å². The van der Waals surface area contributed by atoms with Crippen LogP contribution in [0.2, 0.25) is 0 Å². The van der Waals surface area contributed by atoms with Gasteiger partial charge in [0.05, 0.1) is 23.0 Å². The zero-order chi connectivity index (χ0) is 19.1. The van der Waals surface area contributed by atoms with E-state index in [0.29, 0.717) is 5.69 Å². The second-order valence-corrected chi connectivity index (χ2v) is 5.95. The Bertz CT molecular complexity index is 737. The van der Waals surface area contributed by atoms with Crippen molar-refractivity contribution in [2.75, 3.05) is 38.2 Å². The van der Waals surface area contributed by atoms with Crippen molar-refractivity contribution in [2.45, 2.75) is 19.3 Å². The Morgan fingerprint density at radius 3 is 2.69 bits per heavy atom. The van der Waals surface area contributed by atoms with Gasteiger partial charge in [-0.3, -0.25) is 14.9 Å². The molecule has 1 aliphatic rings. The monoisotopic (exact) mass is 360 g/mol. The van der Waals surface area contributed by atoms with Crippen LogP contribution in [0.3, 0.4) is 0 Å². The van der Waals surface area contributed by atoms with Crippen LogP contribution in [0.25, 0.3) is 0 Å². The molecule has 0 atom stereocenters. The topological polar surface area (TPSA) is 117 Å². The van der Waals surface area contributed by atoms with Crippen molar-refractivity contribution in [1.82, 2.24) is 4.90 Å². The van der Waals surface area contributed by atoms with Gasteiger partial charge < -0.3 is 14.5 Å². The second kappa shape index (κ2) is 8.80. The van der Waals surface area contributed by atoms with Gasteiger partial charge in [0, 0.05) is 32.7 Å². The molecule has 0 aliphatic carbocycles. The molecule has 0 N–H and O–H groups in total. The average molecular weight is 360 g/mol. The number of anilines is 1. The number of hydrogen-bond donors (Lipinski definition) is 0. The Kier molecular flexibility index (Phi) is 6.49. The Hall–Kier alpha value is -3.15. The number of carbonyl (C=O) groups excluding carboxylic acids is 2. The number of nitriles is 1. The molecule has 0 unspecified atom stereocenters. The van der Waals surface area contributed by atoms with Gasteiger partial charge in [0.15, 0.2) is 6.61 Å². The third-order valence-corrected chi connectivity index (χ3v) is 4.17. The van der Waals surface area contributed by atoms with E-state index in [-0.39, 0.29) is 24.2 Å². The zero-order valence-corrected chi connectivity index (χ0v) is 14.5. The van der Waals surface area contributed by atoms with Crippen molar-refractivity contribution in [1.29, 1.82) is 5.26 Å². The summed E-state index contributed by atoms with van der Waals surface area (Å²) in [5.41, 5.74) is 0.349. The number of nitrogens with zero attached hydrogens (tertiary/aromatic N) is 4. The summed E-state index contributed by atoms with van der Waals surface area (Å²) < 4.78 is 4.94. The lowest BCUT2D eigenvalue weighted by Gasteiger charge is -2.18. The molecule has 9 nitrogen and oxygen atoms in total. The van der Waals surface area contributed by atoms with Gasteiger partial charge in [-0.2, -0.15) is 5.26 Å². The first-order chi connectivity index (χ1) is 12.4. The number of nitro groups is 1. The number of amides is 1. The van der Waals surface area contributed by atoms with Crippen molar-refractivity contribution in [3.63, 3.8) is 0 Å². The fourth-order valence-corrected chi connectivity index (χ4v) is 2.69. The molecule has 0 radical (unpaired) electrons. The molecule has 2 rings (SSSR count). The lowest BCUT2D eigenvalue weighted by Crippen LogP contribution is -2.31. The molecule has 0 saturated carbocycles. The Balaban J connectivity index is 2.05. The lowest BCUT2D eigenvalue weighted by molar-refractivity contribution is -0.384. The van der Waals surface area contributed by atoms with Crippen LogP contribution in [0.15, 0.2) is 18.2 Å². The van der Waals surface area contributed by atoms with E-state index in [1.165, 1.54) is 24.1 Å². The highest BCUT2D eigenvalue weighted by molar-refractivity contribution is 5.93. The summed E-state index contributed by atoms with van der Waals surface area (Å²) in [5, 5.41) is 19.9. The Morgan fingerprint density at radius 2 is 2.08 bits per heavy atom. The Labute approximate surface area is 150 Å². The van der Waals surface area contributed by atoms with E-state index in [1.807, 2.05) is 11.0 Å². The molecule has 138 valence electrons. The normalized spacial score (nSPS) is 13.2. The van der Waals surface area contributed by atoms with Gasteiger partial charge in [0.1, 0.15) is 5.69 Å². The number of nitro benzene ring substituents is 1. The van der Waals surface area contributed by atoms with E-state index in [4.69, 9.17) is 10.00 Å². The van der Waals surface area contributed by atoms with Crippen LogP contribution >= 0.6 is 0 Å². The van der Waals surface area contributed by atoms with Gasteiger partial charge in [0.2, 0.25) is 0 Å². The predicted octanol–water partition coefficient (Wildman–Crippen LogP) is 1.72. The summed E-state index contributed by atoms with van der Waals surface area (Å²) in [5.74, 6) is -1.25. The zero-order valence-electron chi connectivity index (χ0n) is 14.5. The predicted molar refractivity (Wildman–Crippen MR) is 92.7 cm³/mol. The number of carbonyl (C=O) groups is 2.